The van der Waals surface area contributed by atoms with Gasteiger partial charge in [0.1, 0.15) is 12.2 Å². The molecule has 2 N–H and O–H groups in total. The normalized spacial score (nSPS) is 9.74. The van der Waals surface area contributed by atoms with E-state index in [0.29, 0.717) is 6.61 Å². The maximum atomic E-state index is 11.0. The Hall–Kier alpha value is -0.734. The van der Waals surface area contributed by atoms with Gasteiger partial charge in [0, 0.05) is 0 Å². The number of nitrogens with one attached hydrogen (secondary N) is 1. The van der Waals surface area contributed by atoms with E-state index in [9.17, 15) is 9.59 Å². The third-order valence-electron chi connectivity index (χ3n) is 1.91. The van der Waals surface area contributed by atoms with Crippen LogP contribution in [0.5, 0.6) is 5.75 Å². The van der Waals surface area contributed by atoms with Gasteiger partial charge in [-0.2, -0.15) is 5.10 Å². The summed E-state index contributed by atoms with van der Waals surface area (Å²) in [5, 5.41) is 12.0. The van der Waals surface area contributed by atoms with Crippen LogP contribution in [-0.2, 0) is 9.59 Å². The first-order valence-corrected chi connectivity index (χ1v) is 5.38. The number of rotatable bonds is 6. The van der Waals surface area contributed by atoms with Crippen LogP contribution in [0.2, 0.25) is 0 Å². The minimum absolute atomic E-state index is 0. The Labute approximate surface area is 153 Å². The van der Waals surface area contributed by atoms with Crippen LogP contribution in [0.4, 0.5) is 0 Å². The summed E-state index contributed by atoms with van der Waals surface area (Å²) in [5.41, 5.74) is 2.89. The van der Waals surface area contributed by atoms with Crippen molar-refractivity contribution in [2.24, 2.45) is 5.10 Å². The van der Waals surface area contributed by atoms with E-state index in [2.05, 4.69) is 10.5 Å². The van der Waals surface area contributed by atoms with E-state index < -0.39 is 18.3 Å². The van der Waals surface area contributed by atoms with Crippen LogP contribution >= 0.6 is 0 Å². The second-order valence-corrected chi connectivity index (χ2v) is 3.37. The van der Waals surface area contributed by atoms with Crippen LogP contribution in [0.25, 0.3) is 0 Å². The summed E-state index contributed by atoms with van der Waals surface area (Å²) in [6.45, 7) is 2.49. The van der Waals surface area contributed by atoms with Crippen molar-refractivity contribution in [2.75, 3.05) is 6.61 Å². The Morgan fingerprint density at radius 1 is 1.37 bits per heavy atom. The molecule has 7 heteroatoms. The molecule has 1 aromatic carbocycles. The molecule has 96 valence electrons. The zero-order valence-corrected chi connectivity index (χ0v) is 14.0. The first-order valence-electron chi connectivity index (χ1n) is 5.38. The molecule has 1 rings (SSSR count). The van der Waals surface area contributed by atoms with Gasteiger partial charge >= 0.3 is 57.4 Å². The molecule has 6 nitrogen and oxygen atoms in total. The zero-order valence-electron chi connectivity index (χ0n) is 10.9. The summed E-state index contributed by atoms with van der Waals surface area (Å²) >= 11 is 0. The van der Waals surface area contributed by atoms with Gasteiger partial charge in [-0.15, -0.1) is 0 Å². The number of hydrogen-bond acceptors (Lipinski definition) is 4. The number of aliphatic carboxylic acids is 1. The predicted molar refractivity (Wildman–Crippen MR) is 65.6 cm³/mol. The van der Waals surface area contributed by atoms with E-state index in [1.165, 1.54) is 6.21 Å². The molecule has 0 saturated carbocycles. The van der Waals surface area contributed by atoms with Crippen molar-refractivity contribution in [2.45, 2.75) is 13.3 Å². The molecule has 0 saturated heterocycles. The van der Waals surface area contributed by atoms with E-state index in [-0.39, 0.29) is 51.4 Å². The molecule has 0 aliphatic rings. The van der Waals surface area contributed by atoms with Crippen LogP contribution < -0.4 is 61.5 Å². The molecule has 0 spiro atoms. The van der Waals surface area contributed by atoms with Gasteiger partial charge in [0.25, 0.3) is 5.91 Å². The number of hydrogen-bond donors (Lipinski definition) is 2. The Morgan fingerprint density at radius 2 is 2.00 bits per heavy atom. The van der Waals surface area contributed by atoms with Gasteiger partial charge in [-0.05, 0) is 36.8 Å². The molecule has 1 aromatic rings. The van der Waals surface area contributed by atoms with Crippen LogP contribution in [0, 0.1) is 0 Å². The van der Waals surface area contributed by atoms with Crippen molar-refractivity contribution in [3.05, 3.63) is 29.8 Å². The molecular weight excluding hydrogens is 275 g/mol. The molecule has 0 aliphatic heterocycles. The quantitative estimate of drug-likeness (QED) is 0.275. The van der Waals surface area contributed by atoms with Gasteiger partial charge in [0.15, 0.2) is 0 Å². The molecule has 0 fully saturated rings. The van der Waals surface area contributed by atoms with Crippen LogP contribution in [0.15, 0.2) is 29.4 Å². The topological polar surface area (TPSA) is 88.0 Å². The maximum Gasteiger partial charge on any atom is 1.00 e. The van der Waals surface area contributed by atoms with Crippen molar-refractivity contribution in [1.29, 1.82) is 0 Å². The molecule has 0 bridgehead atoms. The largest absolute Gasteiger partial charge is 1.00 e. The van der Waals surface area contributed by atoms with Crippen molar-refractivity contribution in [1.82, 2.24) is 5.43 Å². The maximum absolute atomic E-state index is 11.0. The molecule has 0 aromatic heterocycles. The second kappa shape index (κ2) is 10.1. The summed E-state index contributed by atoms with van der Waals surface area (Å²) in [4.78, 5) is 21.2. The molecule has 19 heavy (non-hydrogen) atoms. The first kappa shape index (κ1) is 18.3. The Bertz CT molecular complexity index is 446. The molecule has 0 heterocycles. The number of nitrogens with zero attached hydrogens (tertiary/aromatic N) is 1. The van der Waals surface area contributed by atoms with E-state index in [4.69, 9.17) is 9.84 Å². The van der Waals surface area contributed by atoms with Crippen molar-refractivity contribution >= 4 is 18.1 Å². The summed E-state index contributed by atoms with van der Waals surface area (Å²) < 4.78 is 5.27. The van der Waals surface area contributed by atoms with Crippen molar-refractivity contribution < 1.29 is 70.8 Å². The smallest absolute Gasteiger partial charge is 0.494 e. The summed E-state index contributed by atoms with van der Waals surface area (Å²) in [6.07, 6.45) is 0.829. The van der Waals surface area contributed by atoms with Crippen molar-refractivity contribution in [3.8, 4) is 5.75 Å². The van der Waals surface area contributed by atoms with Gasteiger partial charge in [0.2, 0.25) is 0 Å². The standard InChI is InChI=1S/C12H14N2O4.K/c1-2-18-10-5-3-9(4-6-10)8-13-14-11(15)7-12(16)17;/h3-6,8H,2,7H2,1H3,(H,14,15)(H,16,17);/q;+1/b13-8+;. The Balaban J connectivity index is 0.00000324. The molecule has 0 unspecified atom stereocenters. The van der Waals surface area contributed by atoms with Gasteiger partial charge < -0.3 is 9.84 Å². The van der Waals surface area contributed by atoms with Crippen molar-refractivity contribution in [3.63, 3.8) is 0 Å². The fourth-order valence-corrected chi connectivity index (χ4v) is 1.17. The minimum atomic E-state index is -1.19. The van der Waals surface area contributed by atoms with Gasteiger partial charge in [-0.25, -0.2) is 5.43 Å². The molecule has 0 aliphatic carbocycles. The SMILES string of the molecule is CCOc1ccc(/C=N/NC(=O)CC(=O)O)cc1.[K+]. The van der Waals surface area contributed by atoms with E-state index in [1.807, 2.05) is 6.92 Å². The van der Waals surface area contributed by atoms with Crippen LogP contribution in [-0.4, -0.2) is 29.8 Å². The minimum Gasteiger partial charge on any atom is -0.494 e. The van der Waals surface area contributed by atoms with Gasteiger partial charge in [0.05, 0.1) is 12.8 Å². The molecule has 0 atom stereocenters. The average Bonchev–Trinajstić information content (AvgIpc) is 2.31. The third kappa shape index (κ3) is 8.12. The second-order valence-electron chi connectivity index (χ2n) is 3.37. The Morgan fingerprint density at radius 3 is 2.53 bits per heavy atom. The van der Waals surface area contributed by atoms with E-state index in [1.54, 1.807) is 24.3 Å². The predicted octanol–water partition coefficient (Wildman–Crippen LogP) is -1.99. The number of carbonyl (C=O) groups excluding carboxylic acids is 1. The zero-order chi connectivity index (χ0) is 13.4. The Kier molecular flexibility index (Phi) is 9.71. The van der Waals surface area contributed by atoms with Gasteiger partial charge in [-0.1, -0.05) is 0 Å². The van der Waals surface area contributed by atoms with E-state index in [0.717, 1.165) is 11.3 Å². The van der Waals surface area contributed by atoms with Crippen LogP contribution in [0.1, 0.15) is 18.9 Å². The van der Waals surface area contributed by atoms with Gasteiger partial charge in [-0.3, -0.25) is 9.59 Å². The van der Waals surface area contributed by atoms with E-state index >= 15 is 0 Å². The summed E-state index contributed by atoms with van der Waals surface area (Å²) in [5.74, 6) is -1.10. The number of amides is 1. The molecular formula is C12H14KN2O4+. The number of benzene rings is 1. The number of ether oxygens (including phenoxy) is 1. The van der Waals surface area contributed by atoms with Crippen LogP contribution in [0.3, 0.4) is 0 Å². The number of carboxylic acids is 1. The number of carbonyl (C=O) groups is 2. The number of carboxylic acid groups (broad SMARTS) is 1. The average molecular weight is 289 g/mol. The monoisotopic (exact) mass is 289 g/mol. The third-order valence-corrected chi connectivity index (χ3v) is 1.91. The first-order chi connectivity index (χ1) is 8.61. The molecule has 0 radical (unpaired) electrons. The summed E-state index contributed by atoms with van der Waals surface area (Å²) in [7, 11) is 0. The summed E-state index contributed by atoms with van der Waals surface area (Å²) in [6, 6.07) is 7.11. The molecule has 1 amide bonds. The number of hydrazone groups is 1. The fraction of sp³-hybridized carbons (Fsp3) is 0.250. The fourth-order valence-electron chi connectivity index (χ4n) is 1.17.